The van der Waals surface area contributed by atoms with Crippen LogP contribution in [0.3, 0.4) is 0 Å². The number of fused-ring (bicyclic) bond motifs is 2. The van der Waals surface area contributed by atoms with Crippen molar-refractivity contribution in [3.63, 3.8) is 0 Å². The zero-order valence-corrected chi connectivity index (χ0v) is 23.6. The first-order valence-corrected chi connectivity index (χ1v) is 13.9. The summed E-state index contributed by atoms with van der Waals surface area (Å²) in [5.41, 5.74) is 1.19. The molecule has 0 fully saturated rings. The molecule has 1 aliphatic rings. The molecule has 0 spiro atoms. The van der Waals surface area contributed by atoms with Gasteiger partial charge in [0.15, 0.2) is 27.8 Å². The number of carbonyl (C=O) groups is 2. The first-order chi connectivity index (χ1) is 18.7. The average Bonchev–Trinajstić information content (AvgIpc) is 3.43. The van der Waals surface area contributed by atoms with Crippen LogP contribution < -0.4 is 19.8 Å². The van der Waals surface area contributed by atoms with Crippen LogP contribution in [0.4, 0.5) is 5.13 Å². The normalized spacial score (nSPS) is 14.6. The monoisotopic (exact) mass is 566 g/mol. The Labute approximate surface area is 234 Å². The van der Waals surface area contributed by atoms with Crippen molar-refractivity contribution in [1.29, 1.82) is 0 Å². The van der Waals surface area contributed by atoms with E-state index in [-0.39, 0.29) is 33.5 Å². The van der Waals surface area contributed by atoms with Crippen LogP contribution in [0.15, 0.2) is 45.6 Å². The van der Waals surface area contributed by atoms with Crippen LogP contribution >= 0.6 is 22.9 Å². The third-order valence-corrected chi connectivity index (χ3v) is 7.97. The Morgan fingerprint density at radius 2 is 1.92 bits per heavy atom. The Bertz CT molecular complexity index is 1660. The standard InChI is InChI=1S/C29H27ClN2O6S/c1-5-7-12-37-21-10-8-17(13-22(21)36-6-2)24-23-25(34)19-14-18(30)9-11-20(19)38-26(23)28(35)32(24)29-31-15(3)27(39-29)16(4)33/h8-11,13-14,24H,5-7,12H2,1-4H3. The fourth-order valence-electron chi connectivity index (χ4n) is 4.68. The van der Waals surface area contributed by atoms with Crippen molar-refractivity contribution in [2.45, 2.75) is 46.6 Å². The van der Waals surface area contributed by atoms with Gasteiger partial charge in [-0.15, -0.1) is 0 Å². The number of carbonyl (C=O) groups excluding carboxylic acids is 2. The molecule has 1 unspecified atom stereocenters. The average molecular weight is 567 g/mol. The Morgan fingerprint density at radius 1 is 1.13 bits per heavy atom. The van der Waals surface area contributed by atoms with Gasteiger partial charge in [0.05, 0.1) is 40.8 Å². The minimum Gasteiger partial charge on any atom is -0.490 e. The molecule has 0 saturated heterocycles. The molecule has 2 aromatic heterocycles. The highest BCUT2D eigenvalue weighted by molar-refractivity contribution is 7.17. The van der Waals surface area contributed by atoms with Crippen molar-refractivity contribution in [2.24, 2.45) is 0 Å². The number of Topliss-reactive ketones (excluding diaryl/α,β-unsaturated/α-hetero) is 1. The number of nitrogens with zero attached hydrogens (tertiary/aromatic N) is 2. The van der Waals surface area contributed by atoms with Gasteiger partial charge in [-0.05, 0) is 56.2 Å². The van der Waals surface area contributed by atoms with E-state index in [0.29, 0.717) is 51.0 Å². The molecule has 1 amide bonds. The summed E-state index contributed by atoms with van der Waals surface area (Å²) < 4.78 is 17.8. The van der Waals surface area contributed by atoms with Crippen LogP contribution in [0.1, 0.15) is 76.7 Å². The molecular formula is C29H27ClN2O6S. The second kappa shape index (κ2) is 10.8. The van der Waals surface area contributed by atoms with E-state index < -0.39 is 11.9 Å². The maximum absolute atomic E-state index is 13.9. The second-order valence-electron chi connectivity index (χ2n) is 9.20. The van der Waals surface area contributed by atoms with Crippen LogP contribution in [0.2, 0.25) is 5.02 Å². The van der Waals surface area contributed by atoms with Crippen LogP contribution in [0.5, 0.6) is 11.5 Å². The molecule has 0 radical (unpaired) electrons. The van der Waals surface area contributed by atoms with Crippen LogP contribution in [-0.2, 0) is 0 Å². The number of aryl methyl sites for hydroxylation is 1. The van der Waals surface area contributed by atoms with E-state index >= 15 is 0 Å². The molecule has 1 atom stereocenters. The van der Waals surface area contributed by atoms with E-state index in [1.807, 2.05) is 6.92 Å². The highest BCUT2D eigenvalue weighted by Gasteiger charge is 2.45. The van der Waals surface area contributed by atoms with Gasteiger partial charge in [-0.2, -0.15) is 0 Å². The summed E-state index contributed by atoms with van der Waals surface area (Å²) in [4.78, 5) is 46.4. The fourth-order valence-corrected chi connectivity index (χ4v) is 5.84. The number of benzene rings is 2. The van der Waals surface area contributed by atoms with Gasteiger partial charge in [0.1, 0.15) is 5.58 Å². The molecular weight excluding hydrogens is 540 g/mol. The first-order valence-electron chi connectivity index (χ1n) is 12.7. The third-order valence-electron chi connectivity index (χ3n) is 6.48. The van der Waals surface area contributed by atoms with Crippen molar-refractivity contribution < 1.29 is 23.5 Å². The molecule has 8 nitrogen and oxygen atoms in total. The van der Waals surface area contributed by atoms with E-state index in [4.69, 9.17) is 25.5 Å². The van der Waals surface area contributed by atoms with Gasteiger partial charge < -0.3 is 13.9 Å². The predicted molar refractivity (Wildman–Crippen MR) is 151 cm³/mol. The van der Waals surface area contributed by atoms with Gasteiger partial charge in [0.2, 0.25) is 5.76 Å². The summed E-state index contributed by atoms with van der Waals surface area (Å²) in [5.74, 6) is 0.331. The van der Waals surface area contributed by atoms with Crippen molar-refractivity contribution in [3.8, 4) is 11.5 Å². The smallest absolute Gasteiger partial charge is 0.297 e. The summed E-state index contributed by atoms with van der Waals surface area (Å²) in [7, 11) is 0. The summed E-state index contributed by atoms with van der Waals surface area (Å²) in [5, 5.41) is 0.938. The van der Waals surface area contributed by atoms with Gasteiger partial charge in [0, 0.05) is 11.9 Å². The topological polar surface area (TPSA) is 98.9 Å². The van der Waals surface area contributed by atoms with E-state index in [1.165, 1.54) is 17.9 Å². The molecule has 4 aromatic rings. The quantitative estimate of drug-likeness (QED) is 0.163. The number of hydrogen-bond donors (Lipinski definition) is 0. The molecule has 0 aliphatic carbocycles. The van der Waals surface area contributed by atoms with Gasteiger partial charge in [-0.3, -0.25) is 19.3 Å². The largest absolute Gasteiger partial charge is 0.490 e. The lowest BCUT2D eigenvalue weighted by molar-refractivity contribution is 0.0969. The lowest BCUT2D eigenvalue weighted by atomic mass is 9.98. The third kappa shape index (κ3) is 4.81. The Morgan fingerprint density at radius 3 is 2.62 bits per heavy atom. The maximum Gasteiger partial charge on any atom is 0.297 e. The zero-order chi connectivity index (χ0) is 27.8. The Balaban J connectivity index is 1.73. The highest BCUT2D eigenvalue weighted by Crippen LogP contribution is 2.45. The van der Waals surface area contributed by atoms with Crippen molar-refractivity contribution >= 4 is 50.7 Å². The summed E-state index contributed by atoms with van der Waals surface area (Å²) in [6.07, 6.45) is 1.88. The molecule has 0 bridgehead atoms. The van der Waals surface area contributed by atoms with Crippen LogP contribution in [-0.4, -0.2) is 29.9 Å². The molecule has 10 heteroatoms. The van der Waals surface area contributed by atoms with Crippen LogP contribution in [0, 0.1) is 6.92 Å². The summed E-state index contributed by atoms with van der Waals surface area (Å²) in [6, 6.07) is 9.19. The molecule has 0 N–H and O–H groups in total. The molecule has 202 valence electrons. The van der Waals surface area contributed by atoms with Crippen molar-refractivity contribution in [1.82, 2.24) is 4.98 Å². The van der Waals surface area contributed by atoms with E-state index in [0.717, 1.165) is 24.2 Å². The number of unbranched alkanes of at least 4 members (excludes halogenated alkanes) is 1. The van der Waals surface area contributed by atoms with Crippen LogP contribution in [0.25, 0.3) is 11.0 Å². The number of hydrogen-bond acceptors (Lipinski definition) is 8. The number of rotatable bonds is 9. The molecule has 39 heavy (non-hydrogen) atoms. The van der Waals surface area contributed by atoms with Gasteiger partial charge in [-0.1, -0.05) is 42.3 Å². The number of ketones is 1. The van der Waals surface area contributed by atoms with E-state index in [9.17, 15) is 14.4 Å². The van der Waals surface area contributed by atoms with Gasteiger partial charge in [0.25, 0.3) is 5.91 Å². The SMILES string of the molecule is CCCCOc1ccc(C2c3c(oc4ccc(Cl)cc4c3=O)C(=O)N2c2nc(C)c(C(C)=O)s2)cc1OCC. The van der Waals surface area contributed by atoms with E-state index in [2.05, 4.69) is 11.9 Å². The van der Waals surface area contributed by atoms with E-state index in [1.54, 1.807) is 37.3 Å². The molecule has 2 aromatic carbocycles. The zero-order valence-electron chi connectivity index (χ0n) is 22.0. The number of thiazole rings is 1. The number of amides is 1. The molecule has 1 aliphatic heterocycles. The minimum absolute atomic E-state index is 0.0710. The van der Waals surface area contributed by atoms with Crippen molar-refractivity contribution in [3.05, 3.63) is 79.1 Å². The number of ether oxygens (including phenoxy) is 2. The Hall–Kier alpha value is -3.69. The molecule has 5 rings (SSSR count). The fraction of sp³-hybridized carbons (Fsp3) is 0.310. The molecule has 0 saturated carbocycles. The summed E-state index contributed by atoms with van der Waals surface area (Å²) >= 11 is 7.30. The van der Waals surface area contributed by atoms with Gasteiger partial charge >= 0.3 is 0 Å². The number of anilines is 1. The number of aromatic nitrogens is 1. The predicted octanol–water partition coefficient (Wildman–Crippen LogP) is 6.74. The maximum atomic E-state index is 13.9. The Kier molecular flexibility index (Phi) is 7.46. The first kappa shape index (κ1) is 26.9. The minimum atomic E-state index is -0.874. The van der Waals surface area contributed by atoms with Gasteiger partial charge in [-0.25, -0.2) is 4.98 Å². The number of halogens is 1. The lowest BCUT2D eigenvalue weighted by Gasteiger charge is -2.23. The summed E-state index contributed by atoms with van der Waals surface area (Å²) in [6.45, 7) is 8.06. The molecule has 3 heterocycles. The second-order valence-corrected chi connectivity index (χ2v) is 10.6. The lowest BCUT2D eigenvalue weighted by Crippen LogP contribution is -2.29. The van der Waals surface area contributed by atoms with Crippen molar-refractivity contribution in [2.75, 3.05) is 18.1 Å². The highest BCUT2D eigenvalue weighted by atomic mass is 35.5.